The highest BCUT2D eigenvalue weighted by molar-refractivity contribution is 7.91. The molecule has 1 N–H and O–H groups in total. The van der Waals surface area contributed by atoms with Crippen LogP contribution in [0.15, 0.2) is 42.6 Å². The molecule has 7 nitrogen and oxygen atoms in total. The largest absolute Gasteiger partial charge is 0.497 e. The van der Waals surface area contributed by atoms with Crippen LogP contribution < -0.4 is 15.0 Å². The van der Waals surface area contributed by atoms with Gasteiger partial charge < -0.3 is 15.0 Å². The number of methoxy groups -OCH3 is 1. The van der Waals surface area contributed by atoms with Crippen LogP contribution in [0.3, 0.4) is 0 Å². The van der Waals surface area contributed by atoms with Gasteiger partial charge in [0.2, 0.25) is 5.91 Å². The van der Waals surface area contributed by atoms with Gasteiger partial charge in [0.25, 0.3) is 0 Å². The number of pyridine rings is 1. The van der Waals surface area contributed by atoms with E-state index in [0.29, 0.717) is 17.9 Å². The Morgan fingerprint density at radius 1 is 1.26 bits per heavy atom. The molecule has 1 amide bonds. The van der Waals surface area contributed by atoms with Crippen molar-refractivity contribution in [1.82, 2.24) is 4.98 Å². The predicted molar refractivity (Wildman–Crippen MR) is 105 cm³/mol. The highest BCUT2D eigenvalue weighted by Gasteiger charge is 2.31. The third-order valence-electron chi connectivity index (χ3n) is 4.67. The van der Waals surface area contributed by atoms with Crippen molar-refractivity contribution in [3.63, 3.8) is 0 Å². The van der Waals surface area contributed by atoms with E-state index >= 15 is 0 Å². The van der Waals surface area contributed by atoms with Gasteiger partial charge in [-0.05, 0) is 36.2 Å². The summed E-state index contributed by atoms with van der Waals surface area (Å²) in [6.45, 7) is 0. The third-order valence-corrected chi connectivity index (χ3v) is 6.42. The number of amides is 1. The van der Waals surface area contributed by atoms with E-state index < -0.39 is 9.84 Å². The number of hydrogen-bond acceptors (Lipinski definition) is 6. The first kappa shape index (κ1) is 19.2. The number of aromatic nitrogens is 1. The summed E-state index contributed by atoms with van der Waals surface area (Å²) in [6.07, 6.45) is 2.45. The van der Waals surface area contributed by atoms with Crippen LogP contribution in [-0.2, 0) is 21.1 Å². The van der Waals surface area contributed by atoms with Gasteiger partial charge in [-0.15, -0.1) is 0 Å². The van der Waals surface area contributed by atoms with E-state index in [1.807, 2.05) is 36.2 Å². The molecule has 3 rings (SSSR count). The van der Waals surface area contributed by atoms with Crippen molar-refractivity contribution in [3.05, 3.63) is 48.2 Å². The zero-order valence-corrected chi connectivity index (χ0v) is 16.2. The molecule has 144 valence electrons. The molecule has 1 atom stereocenters. The van der Waals surface area contributed by atoms with E-state index in [-0.39, 0.29) is 29.9 Å². The zero-order valence-electron chi connectivity index (χ0n) is 15.4. The van der Waals surface area contributed by atoms with Crippen molar-refractivity contribution in [2.75, 3.05) is 35.9 Å². The highest BCUT2D eigenvalue weighted by atomic mass is 32.2. The summed E-state index contributed by atoms with van der Waals surface area (Å²) in [5, 5.41) is 2.82. The Bertz CT molecular complexity index is 896. The lowest BCUT2D eigenvalue weighted by atomic mass is 10.1. The summed E-state index contributed by atoms with van der Waals surface area (Å²) in [5.41, 5.74) is 1.49. The van der Waals surface area contributed by atoms with Crippen LogP contribution in [0.2, 0.25) is 0 Å². The van der Waals surface area contributed by atoms with Gasteiger partial charge in [-0.1, -0.05) is 12.1 Å². The fourth-order valence-electron chi connectivity index (χ4n) is 3.07. The summed E-state index contributed by atoms with van der Waals surface area (Å²) in [7, 11) is 0.501. The van der Waals surface area contributed by atoms with Crippen molar-refractivity contribution >= 4 is 27.2 Å². The molecule has 1 saturated heterocycles. The van der Waals surface area contributed by atoms with Crippen molar-refractivity contribution in [2.24, 2.45) is 0 Å². The number of nitrogens with zero attached hydrogens (tertiary/aromatic N) is 2. The van der Waals surface area contributed by atoms with Crippen molar-refractivity contribution in [1.29, 1.82) is 0 Å². The lowest BCUT2D eigenvalue weighted by molar-refractivity contribution is -0.115. The summed E-state index contributed by atoms with van der Waals surface area (Å²) in [6, 6.07) is 10.8. The Morgan fingerprint density at radius 3 is 2.56 bits per heavy atom. The molecule has 0 saturated carbocycles. The molecular weight excluding hydrogens is 366 g/mol. The van der Waals surface area contributed by atoms with Crippen LogP contribution in [0.5, 0.6) is 5.75 Å². The molecule has 2 heterocycles. The fraction of sp³-hybridized carbons (Fsp3) is 0.368. The summed E-state index contributed by atoms with van der Waals surface area (Å²) in [4.78, 5) is 18.4. The second kappa shape index (κ2) is 7.96. The molecule has 1 unspecified atom stereocenters. The van der Waals surface area contributed by atoms with Crippen molar-refractivity contribution in [3.8, 4) is 5.75 Å². The summed E-state index contributed by atoms with van der Waals surface area (Å²) < 4.78 is 28.4. The second-order valence-corrected chi connectivity index (χ2v) is 8.87. The lowest BCUT2D eigenvalue weighted by Crippen LogP contribution is -2.33. The van der Waals surface area contributed by atoms with Crippen molar-refractivity contribution < 1.29 is 17.9 Å². The number of carbonyl (C=O) groups is 1. The van der Waals surface area contributed by atoms with Crippen molar-refractivity contribution in [2.45, 2.75) is 18.9 Å². The second-order valence-electron chi connectivity index (χ2n) is 6.65. The molecule has 1 aliphatic heterocycles. The molecule has 0 spiro atoms. The quantitative estimate of drug-likeness (QED) is 0.812. The van der Waals surface area contributed by atoms with E-state index in [9.17, 15) is 13.2 Å². The molecule has 2 aromatic rings. The van der Waals surface area contributed by atoms with E-state index in [1.54, 1.807) is 25.4 Å². The summed E-state index contributed by atoms with van der Waals surface area (Å²) in [5.74, 6) is 1.68. The average molecular weight is 389 g/mol. The molecule has 0 aliphatic carbocycles. The number of sulfone groups is 1. The molecule has 8 heteroatoms. The number of nitrogens with one attached hydrogen (secondary N) is 1. The molecular formula is C19H23N3O4S. The van der Waals surface area contributed by atoms with Gasteiger partial charge in [-0.25, -0.2) is 13.4 Å². The standard InChI is InChI=1S/C19H23N3O4S/c1-22(16-9-10-27(24,25)13-16)18-8-5-15(12-20-18)21-19(23)11-14-3-6-17(26-2)7-4-14/h3-8,12,16H,9-11,13H2,1-2H3,(H,21,23). The van der Waals surface area contributed by atoms with Crippen LogP contribution in [0.4, 0.5) is 11.5 Å². The normalized spacial score (nSPS) is 18.1. The van der Waals surface area contributed by atoms with E-state index in [1.165, 1.54) is 0 Å². The maximum atomic E-state index is 12.2. The highest BCUT2D eigenvalue weighted by Crippen LogP contribution is 2.22. The Kier molecular flexibility index (Phi) is 5.65. The monoisotopic (exact) mass is 389 g/mol. The van der Waals surface area contributed by atoms with Crippen LogP contribution >= 0.6 is 0 Å². The van der Waals surface area contributed by atoms with Gasteiger partial charge >= 0.3 is 0 Å². The maximum absolute atomic E-state index is 12.2. The minimum atomic E-state index is -2.94. The Hall–Kier alpha value is -2.61. The minimum absolute atomic E-state index is 0.0574. The number of rotatable bonds is 6. The van der Waals surface area contributed by atoms with Gasteiger partial charge in [-0.2, -0.15) is 0 Å². The number of carbonyl (C=O) groups excluding carboxylic acids is 1. The van der Waals surface area contributed by atoms with Crippen LogP contribution in [0, 0.1) is 0 Å². The van der Waals surface area contributed by atoms with E-state index in [4.69, 9.17) is 4.74 Å². The van der Waals surface area contributed by atoms with Crippen LogP contribution in [-0.4, -0.2) is 51.0 Å². The molecule has 0 radical (unpaired) electrons. The lowest BCUT2D eigenvalue weighted by Gasteiger charge is -2.24. The Labute approximate surface area is 159 Å². The van der Waals surface area contributed by atoms with E-state index in [2.05, 4.69) is 10.3 Å². The number of anilines is 2. The first-order valence-corrected chi connectivity index (χ1v) is 10.5. The first-order valence-electron chi connectivity index (χ1n) is 8.68. The third kappa shape index (κ3) is 4.97. The average Bonchev–Trinajstić information content (AvgIpc) is 3.02. The molecule has 27 heavy (non-hydrogen) atoms. The number of benzene rings is 1. The smallest absolute Gasteiger partial charge is 0.228 e. The zero-order chi connectivity index (χ0) is 19.4. The molecule has 1 aliphatic rings. The Balaban J connectivity index is 1.57. The SMILES string of the molecule is COc1ccc(CC(=O)Nc2ccc(N(C)C3CCS(=O)(=O)C3)nc2)cc1. The molecule has 1 fully saturated rings. The molecule has 1 aromatic carbocycles. The fourth-order valence-corrected chi connectivity index (χ4v) is 4.84. The number of hydrogen-bond donors (Lipinski definition) is 1. The van der Waals surface area contributed by atoms with Crippen LogP contribution in [0.1, 0.15) is 12.0 Å². The Morgan fingerprint density at radius 2 is 2.00 bits per heavy atom. The van der Waals surface area contributed by atoms with Gasteiger partial charge in [0.1, 0.15) is 11.6 Å². The molecule has 1 aromatic heterocycles. The van der Waals surface area contributed by atoms with Gasteiger partial charge in [0.15, 0.2) is 9.84 Å². The number of ether oxygens (including phenoxy) is 1. The predicted octanol–water partition coefficient (Wildman–Crippen LogP) is 1.89. The van der Waals surface area contributed by atoms with Gasteiger partial charge in [-0.3, -0.25) is 4.79 Å². The van der Waals surface area contributed by atoms with Gasteiger partial charge in [0.05, 0.1) is 36.9 Å². The van der Waals surface area contributed by atoms with Crippen LogP contribution in [0.25, 0.3) is 0 Å². The van der Waals surface area contributed by atoms with Gasteiger partial charge in [0, 0.05) is 13.1 Å². The topological polar surface area (TPSA) is 88.6 Å². The van der Waals surface area contributed by atoms with E-state index in [0.717, 1.165) is 11.3 Å². The minimum Gasteiger partial charge on any atom is -0.497 e. The summed E-state index contributed by atoms with van der Waals surface area (Å²) >= 11 is 0. The first-order chi connectivity index (χ1) is 12.9. The maximum Gasteiger partial charge on any atom is 0.228 e. The molecule has 0 bridgehead atoms.